The number of fused-ring (bicyclic) bond motifs is 2. The molecule has 0 spiro atoms. The summed E-state index contributed by atoms with van der Waals surface area (Å²) in [6.07, 6.45) is 2.51. The normalized spacial score (nSPS) is 45.4. The predicted molar refractivity (Wildman–Crippen MR) is 75.9 cm³/mol. The van der Waals surface area contributed by atoms with Crippen LogP contribution < -0.4 is 0 Å². The topological polar surface area (TPSA) is 43.4 Å². The number of hydrogen-bond donors (Lipinski definition) is 0. The summed E-state index contributed by atoms with van der Waals surface area (Å²) in [6, 6.07) is 0. The van der Waals surface area contributed by atoms with Crippen molar-refractivity contribution >= 4 is 11.8 Å². The minimum atomic E-state index is -0.201. The van der Waals surface area contributed by atoms with E-state index in [0.29, 0.717) is 18.3 Å². The van der Waals surface area contributed by atoms with E-state index < -0.39 is 0 Å². The minimum Gasteiger partial charge on any atom is -0.462 e. The molecule has 4 aliphatic rings. The lowest BCUT2D eigenvalue weighted by Crippen LogP contribution is -2.64. The van der Waals surface area contributed by atoms with Gasteiger partial charge < -0.3 is 4.74 Å². The van der Waals surface area contributed by atoms with Gasteiger partial charge in [0.05, 0.1) is 0 Å². The van der Waals surface area contributed by atoms with Crippen molar-refractivity contribution in [2.24, 2.45) is 28.6 Å². The largest absolute Gasteiger partial charge is 0.462 e. The number of Topliss-reactive ketones (excluding diaryl/α,β-unsaturated/α-hetero) is 1. The quantitative estimate of drug-likeness (QED) is 0.546. The van der Waals surface area contributed by atoms with Crippen LogP contribution in [0.5, 0.6) is 0 Å². The van der Waals surface area contributed by atoms with Gasteiger partial charge >= 0.3 is 5.97 Å². The second-order valence-electron chi connectivity index (χ2n) is 7.73. The highest BCUT2D eigenvalue weighted by Crippen LogP contribution is 2.72. The van der Waals surface area contributed by atoms with Crippen LogP contribution in [0.1, 0.15) is 47.0 Å². The van der Waals surface area contributed by atoms with Gasteiger partial charge in [-0.15, -0.1) is 0 Å². The number of ether oxygens (including phenoxy) is 1. The molecule has 110 valence electrons. The summed E-state index contributed by atoms with van der Waals surface area (Å²) in [5, 5.41) is 0. The Hall–Kier alpha value is -1.12. The zero-order chi connectivity index (χ0) is 14.9. The fourth-order valence-corrected chi connectivity index (χ4v) is 5.37. The Morgan fingerprint density at radius 2 is 2.00 bits per heavy atom. The maximum absolute atomic E-state index is 12.0. The van der Waals surface area contributed by atoms with Crippen LogP contribution in [-0.2, 0) is 14.3 Å². The number of rotatable bonds is 1. The molecule has 4 saturated carbocycles. The second kappa shape index (κ2) is 3.96. The molecule has 5 atom stereocenters. The predicted octanol–water partition coefficient (Wildman–Crippen LogP) is 3.14. The van der Waals surface area contributed by atoms with Crippen molar-refractivity contribution in [3.63, 3.8) is 0 Å². The summed E-state index contributed by atoms with van der Waals surface area (Å²) < 4.78 is 5.60. The molecule has 4 aliphatic carbocycles. The van der Waals surface area contributed by atoms with Crippen LogP contribution >= 0.6 is 0 Å². The molecule has 0 amide bonds. The van der Waals surface area contributed by atoms with Gasteiger partial charge in [-0.3, -0.25) is 9.59 Å². The molecule has 0 radical (unpaired) electrons. The molecule has 0 aromatic heterocycles. The summed E-state index contributed by atoms with van der Waals surface area (Å²) in [4.78, 5) is 23.4. The first-order chi connectivity index (χ1) is 9.19. The molecule has 0 aromatic carbocycles. The summed E-state index contributed by atoms with van der Waals surface area (Å²) in [5.74, 6) is 1.18. The molecule has 4 bridgehead atoms. The van der Waals surface area contributed by atoms with Gasteiger partial charge in [0.1, 0.15) is 6.10 Å². The van der Waals surface area contributed by atoms with Crippen molar-refractivity contribution in [2.75, 3.05) is 0 Å². The van der Waals surface area contributed by atoms with E-state index in [1.54, 1.807) is 0 Å². The third-order valence-electron chi connectivity index (χ3n) is 6.43. The molecule has 4 rings (SSSR count). The van der Waals surface area contributed by atoms with Crippen LogP contribution in [-0.4, -0.2) is 17.9 Å². The first-order valence-electron chi connectivity index (χ1n) is 7.59. The fraction of sp³-hybridized carbons (Fsp3) is 0.765. The molecule has 3 heteroatoms. The Morgan fingerprint density at radius 3 is 2.55 bits per heavy atom. The van der Waals surface area contributed by atoms with Crippen LogP contribution in [0.4, 0.5) is 0 Å². The molecule has 0 saturated heterocycles. The Bertz CT molecular complexity index is 504. The Kier molecular flexibility index (Phi) is 2.74. The van der Waals surface area contributed by atoms with E-state index in [9.17, 15) is 9.59 Å². The zero-order valence-electron chi connectivity index (χ0n) is 12.9. The van der Waals surface area contributed by atoms with E-state index in [1.807, 2.05) is 0 Å². The van der Waals surface area contributed by atoms with Crippen molar-refractivity contribution in [3.8, 4) is 0 Å². The summed E-state index contributed by atoms with van der Waals surface area (Å²) in [6.45, 7) is 12.2. The van der Waals surface area contributed by atoms with Crippen molar-refractivity contribution in [2.45, 2.75) is 53.1 Å². The molecule has 4 fully saturated rings. The summed E-state index contributed by atoms with van der Waals surface area (Å²) >= 11 is 0. The molecule has 0 N–H and O–H groups in total. The fourth-order valence-electron chi connectivity index (χ4n) is 5.37. The van der Waals surface area contributed by atoms with E-state index in [1.165, 1.54) is 6.92 Å². The summed E-state index contributed by atoms with van der Waals surface area (Å²) in [5.41, 5.74) is 0.916. The highest BCUT2D eigenvalue weighted by molar-refractivity contribution is 5.98. The van der Waals surface area contributed by atoms with Gasteiger partial charge in [0, 0.05) is 18.8 Å². The second-order valence-corrected chi connectivity index (χ2v) is 7.73. The molecule has 20 heavy (non-hydrogen) atoms. The number of carbonyl (C=O) groups excluding carboxylic acids is 2. The summed E-state index contributed by atoms with van der Waals surface area (Å²) in [7, 11) is 0. The van der Waals surface area contributed by atoms with Gasteiger partial charge in [-0.25, -0.2) is 0 Å². The van der Waals surface area contributed by atoms with Gasteiger partial charge in [0.2, 0.25) is 0 Å². The first-order valence-corrected chi connectivity index (χ1v) is 7.59. The SMILES string of the molecule is C=C1C(=O)CC2C3C1C2(C)CCC(OC(C)=O)C3(C)C. The van der Waals surface area contributed by atoms with Crippen molar-refractivity contribution in [1.82, 2.24) is 0 Å². The standard InChI is InChI=1S/C17H24O3/c1-9-12(19)8-11-15-14(9)17(11,5)7-6-13(16(15,3)4)20-10(2)18/h11,13-15H,1,6-8H2,2-5H3. The molecule has 0 aliphatic heterocycles. The molecular formula is C17H24O3. The molecule has 0 aromatic rings. The lowest BCUT2D eigenvalue weighted by Gasteiger charge is -2.66. The van der Waals surface area contributed by atoms with Gasteiger partial charge in [-0.2, -0.15) is 0 Å². The van der Waals surface area contributed by atoms with Gasteiger partial charge in [0.15, 0.2) is 5.78 Å². The monoisotopic (exact) mass is 276 g/mol. The van der Waals surface area contributed by atoms with Gasteiger partial charge in [0.25, 0.3) is 0 Å². The third-order valence-corrected chi connectivity index (χ3v) is 6.43. The molecule has 3 nitrogen and oxygen atoms in total. The van der Waals surface area contributed by atoms with Crippen LogP contribution in [0.3, 0.4) is 0 Å². The van der Waals surface area contributed by atoms with Gasteiger partial charge in [-0.05, 0) is 41.6 Å². The van der Waals surface area contributed by atoms with Crippen LogP contribution in [0, 0.1) is 28.6 Å². The maximum atomic E-state index is 12.0. The number of allylic oxidation sites excluding steroid dienone is 1. The van der Waals surface area contributed by atoms with E-state index in [4.69, 9.17) is 4.74 Å². The van der Waals surface area contributed by atoms with E-state index in [-0.39, 0.29) is 34.6 Å². The van der Waals surface area contributed by atoms with Gasteiger partial charge in [-0.1, -0.05) is 27.4 Å². The maximum Gasteiger partial charge on any atom is 0.302 e. The Morgan fingerprint density at radius 1 is 1.35 bits per heavy atom. The molecular weight excluding hydrogens is 252 g/mol. The Labute approximate surface area is 120 Å². The highest BCUT2D eigenvalue weighted by atomic mass is 16.5. The van der Waals surface area contributed by atoms with Crippen LogP contribution in [0.15, 0.2) is 12.2 Å². The lowest BCUT2D eigenvalue weighted by atomic mass is 9.37. The first kappa shape index (κ1) is 13.8. The van der Waals surface area contributed by atoms with Crippen molar-refractivity contribution in [3.05, 3.63) is 12.2 Å². The van der Waals surface area contributed by atoms with E-state index >= 15 is 0 Å². The average molecular weight is 276 g/mol. The number of esters is 1. The number of hydrogen-bond acceptors (Lipinski definition) is 3. The van der Waals surface area contributed by atoms with Crippen molar-refractivity contribution < 1.29 is 14.3 Å². The molecule has 0 heterocycles. The average Bonchev–Trinajstić information content (AvgIpc) is 2.46. The van der Waals surface area contributed by atoms with E-state index in [2.05, 4.69) is 27.4 Å². The third kappa shape index (κ3) is 1.52. The highest BCUT2D eigenvalue weighted by Gasteiger charge is 2.70. The smallest absolute Gasteiger partial charge is 0.302 e. The number of carbonyl (C=O) groups is 2. The van der Waals surface area contributed by atoms with E-state index in [0.717, 1.165) is 18.4 Å². The minimum absolute atomic E-state index is 0.0414. The molecule has 5 unspecified atom stereocenters. The Balaban J connectivity index is 1.98. The van der Waals surface area contributed by atoms with Crippen molar-refractivity contribution in [1.29, 1.82) is 0 Å². The van der Waals surface area contributed by atoms with Crippen LogP contribution in [0.25, 0.3) is 0 Å². The van der Waals surface area contributed by atoms with Crippen LogP contribution in [0.2, 0.25) is 0 Å². The zero-order valence-corrected chi connectivity index (χ0v) is 12.9. The lowest BCUT2D eigenvalue weighted by molar-refractivity contribution is -0.183. The number of ketones is 1.